The van der Waals surface area contributed by atoms with E-state index in [2.05, 4.69) is 6.58 Å². The molecule has 1 aromatic rings. The largest absolute Gasteiger partial charge is 0.463 e. The molecule has 0 radical (unpaired) electrons. The van der Waals surface area contributed by atoms with Crippen molar-refractivity contribution in [3.05, 3.63) is 44.1 Å². The molecule has 12 heteroatoms. The van der Waals surface area contributed by atoms with Crippen LogP contribution in [-0.4, -0.2) is 61.3 Å². The van der Waals surface area contributed by atoms with Gasteiger partial charge in [0.25, 0.3) is 0 Å². The number of aromatic nitrogens is 3. The Morgan fingerprint density at radius 2 is 1.45 bits per heavy atom. The van der Waals surface area contributed by atoms with Crippen molar-refractivity contribution >= 4 is 11.9 Å². The molecule has 4 unspecified atom stereocenters. The highest BCUT2D eigenvalue weighted by atomic mass is 16.5. The zero-order valence-corrected chi connectivity index (χ0v) is 22.0. The minimum atomic E-state index is -1.37. The number of hydrogen-bond acceptors (Lipinski definition) is 9. The van der Waals surface area contributed by atoms with E-state index in [1.54, 1.807) is 6.92 Å². The first-order valence-corrected chi connectivity index (χ1v) is 13.2. The van der Waals surface area contributed by atoms with Crippen molar-refractivity contribution in [2.45, 2.75) is 77.2 Å². The van der Waals surface area contributed by atoms with Gasteiger partial charge in [0.1, 0.15) is 19.3 Å². The fraction of sp³-hybridized carbons (Fsp3) is 0.731. The van der Waals surface area contributed by atoms with Gasteiger partial charge in [0.05, 0.1) is 30.0 Å². The van der Waals surface area contributed by atoms with E-state index in [1.165, 1.54) is 13.1 Å². The number of allylic oxidation sites excluding steroid dienone is 1. The summed E-state index contributed by atoms with van der Waals surface area (Å²) < 4.78 is 13.3. The maximum atomic E-state index is 13.4. The Balaban J connectivity index is 1.45. The van der Waals surface area contributed by atoms with Gasteiger partial charge in [-0.05, 0) is 56.8 Å². The Morgan fingerprint density at radius 1 is 0.947 bits per heavy atom. The van der Waals surface area contributed by atoms with Crippen LogP contribution in [-0.2, 0) is 39.2 Å². The number of aliphatic hydroxyl groups is 2. The molecular formula is C26H37N3O9. The Hall–Kier alpha value is -2.99. The van der Waals surface area contributed by atoms with Gasteiger partial charge < -0.3 is 19.7 Å². The lowest BCUT2D eigenvalue weighted by Crippen LogP contribution is -2.58. The standard InChI is InChI=1S/C26H37N3O9/c1-4-6-28-22(34)27(3)23(35)29(24(28)36)12-19(31)14-38-21(33)26-10-16-7-17(11-26)9-25(8-16,15-26)20(32)37-13-18(30)5-2/h4,16-19,30-31H,1,5-15H2,2-3H3. The molecule has 4 saturated carbocycles. The van der Waals surface area contributed by atoms with Gasteiger partial charge in [0.2, 0.25) is 0 Å². The van der Waals surface area contributed by atoms with Crippen LogP contribution < -0.4 is 17.1 Å². The SMILES string of the molecule is C=CCn1c(=O)n(C)c(=O)n(CC(O)COC(=O)C23CC4CC(CC(C(=O)OCC(O)CC)(C4)C2)C3)c1=O. The summed E-state index contributed by atoms with van der Waals surface area (Å²) >= 11 is 0. The Labute approximate surface area is 219 Å². The van der Waals surface area contributed by atoms with E-state index in [0.717, 1.165) is 20.1 Å². The second-order valence-corrected chi connectivity index (χ2v) is 11.4. The van der Waals surface area contributed by atoms with Crippen LogP contribution in [0.2, 0.25) is 0 Å². The van der Waals surface area contributed by atoms with Crippen LogP contribution in [0.15, 0.2) is 27.0 Å². The van der Waals surface area contributed by atoms with Crippen LogP contribution in [0.3, 0.4) is 0 Å². The topological polar surface area (TPSA) is 159 Å². The predicted molar refractivity (Wildman–Crippen MR) is 134 cm³/mol. The van der Waals surface area contributed by atoms with Crippen LogP contribution >= 0.6 is 0 Å². The number of esters is 2. The number of carbonyl (C=O) groups is 2. The van der Waals surface area contributed by atoms with Gasteiger partial charge in [-0.25, -0.2) is 28.1 Å². The molecule has 0 spiro atoms. The number of carbonyl (C=O) groups excluding carboxylic acids is 2. The number of rotatable bonds is 11. The minimum absolute atomic E-state index is 0.0744. The maximum absolute atomic E-state index is 13.4. The third-order valence-electron chi connectivity index (χ3n) is 8.41. The molecule has 0 amide bonds. The fourth-order valence-electron chi connectivity index (χ4n) is 6.97. The first-order valence-electron chi connectivity index (χ1n) is 13.2. The lowest BCUT2D eigenvalue weighted by Gasteiger charge is -2.59. The summed E-state index contributed by atoms with van der Waals surface area (Å²) in [5.74, 6) is -0.510. The van der Waals surface area contributed by atoms with Gasteiger partial charge in [-0.2, -0.15) is 0 Å². The third-order valence-corrected chi connectivity index (χ3v) is 8.41. The molecule has 4 aliphatic rings. The van der Waals surface area contributed by atoms with Crippen molar-refractivity contribution < 1.29 is 29.3 Å². The number of hydrogen-bond donors (Lipinski definition) is 2. The molecule has 4 aliphatic carbocycles. The molecule has 0 aliphatic heterocycles. The first-order chi connectivity index (χ1) is 17.9. The molecule has 0 saturated heterocycles. The van der Waals surface area contributed by atoms with Gasteiger partial charge in [-0.15, -0.1) is 6.58 Å². The van der Waals surface area contributed by atoms with E-state index in [1.807, 2.05) is 0 Å². The van der Waals surface area contributed by atoms with E-state index in [0.29, 0.717) is 38.5 Å². The van der Waals surface area contributed by atoms with Crippen molar-refractivity contribution in [3.8, 4) is 0 Å². The van der Waals surface area contributed by atoms with Gasteiger partial charge in [-0.3, -0.25) is 9.59 Å². The molecule has 12 nitrogen and oxygen atoms in total. The molecule has 210 valence electrons. The lowest BCUT2D eigenvalue weighted by atomic mass is 9.44. The van der Waals surface area contributed by atoms with E-state index < -0.39 is 59.2 Å². The number of ether oxygens (including phenoxy) is 2. The molecule has 5 rings (SSSR count). The molecule has 1 heterocycles. The van der Waals surface area contributed by atoms with Crippen molar-refractivity contribution in [2.24, 2.45) is 29.7 Å². The van der Waals surface area contributed by atoms with Gasteiger partial charge in [0, 0.05) is 7.05 Å². The summed E-state index contributed by atoms with van der Waals surface area (Å²) in [6.45, 7) is 4.20. The van der Waals surface area contributed by atoms with Gasteiger partial charge >= 0.3 is 29.0 Å². The second kappa shape index (κ2) is 10.6. The highest BCUT2D eigenvalue weighted by Gasteiger charge is 2.64. The molecule has 4 atom stereocenters. The number of aliphatic hydroxyl groups excluding tert-OH is 2. The van der Waals surface area contributed by atoms with Crippen LogP contribution in [0, 0.1) is 22.7 Å². The van der Waals surface area contributed by atoms with Crippen LogP contribution in [0.25, 0.3) is 0 Å². The average molecular weight is 536 g/mol. The monoisotopic (exact) mass is 535 g/mol. The van der Waals surface area contributed by atoms with Gasteiger partial charge in [-0.1, -0.05) is 13.0 Å². The molecule has 4 bridgehead atoms. The summed E-state index contributed by atoms with van der Waals surface area (Å²) in [4.78, 5) is 63.9. The Morgan fingerprint density at radius 3 is 1.95 bits per heavy atom. The summed E-state index contributed by atoms with van der Waals surface area (Å²) in [7, 11) is 1.23. The number of nitrogens with zero attached hydrogens (tertiary/aromatic N) is 3. The van der Waals surface area contributed by atoms with Crippen LogP contribution in [0.4, 0.5) is 0 Å². The second-order valence-electron chi connectivity index (χ2n) is 11.4. The summed E-state index contributed by atoms with van der Waals surface area (Å²) in [6, 6.07) is 0. The first kappa shape index (κ1) is 28.0. The summed E-state index contributed by atoms with van der Waals surface area (Å²) in [6.07, 6.45) is 3.44. The van der Waals surface area contributed by atoms with Crippen LogP contribution in [0.1, 0.15) is 51.9 Å². The predicted octanol–water partition coefficient (Wildman–Crippen LogP) is -0.300. The molecule has 2 N–H and O–H groups in total. The van der Waals surface area contributed by atoms with E-state index in [-0.39, 0.29) is 31.0 Å². The fourth-order valence-corrected chi connectivity index (χ4v) is 6.97. The van der Waals surface area contributed by atoms with E-state index >= 15 is 0 Å². The normalized spacial score (nSPS) is 29.1. The Bertz CT molecular complexity index is 1260. The quantitative estimate of drug-likeness (QED) is 0.286. The molecule has 38 heavy (non-hydrogen) atoms. The maximum Gasteiger partial charge on any atom is 0.336 e. The van der Waals surface area contributed by atoms with Crippen LogP contribution in [0.5, 0.6) is 0 Å². The lowest BCUT2D eigenvalue weighted by molar-refractivity contribution is -0.196. The molecule has 4 fully saturated rings. The molecule has 1 aromatic heterocycles. The smallest absolute Gasteiger partial charge is 0.336 e. The van der Waals surface area contributed by atoms with Crippen molar-refractivity contribution in [3.63, 3.8) is 0 Å². The zero-order chi connectivity index (χ0) is 27.8. The zero-order valence-electron chi connectivity index (χ0n) is 22.0. The van der Waals surface area contributed by atoms with Crippen molar-refractivity contribution in [2.75, 3.05) is 13.2 Å². The van der Waals surface area contributed by atoms with E-state index in [4.69, 9.17) is 9.47 Å². The van der Waals surface area contributed by atoms with Crippen molar-refractivity contribution in [1.29, 1.82) is 0 Å². The molecule has 0 aromatic carbocycles. The highest BCUT2D eigenvalue weighted by molar-refractivity contribution is 5.83. The average Bonchev–Trinajstić information content (AvgIpc) is 2.88. The Kier molecular flexibility index (Phi) is 7.85. The summed E-state index contributed by atoms with van der Waals surface area (Å²) in [5, 5.41) is 20.4. The molecular weight excluding hydrogens is 498 g/mol. The van der Waals surface area contributed by atoms with E-state index in [9.17, 15) is 34.2 Å². The highest BCUT2D eigenvalue weighted by Crippen LogP contribution is 2.66. The van der Waals surface area contributed by atoms with Crippen molar-refractivity contribution in [1.82, 2.24) is 13.7 Å². The third kappa shape index (κ3) is 5.03. The summed E-state index contributed by atoms with van der Waals surface area (Å²) in [5.41, 5.74) is -4.22. The minimum Gasteiger partial charge on any atom is -0.463 e. The van der Waals surface area contributed by atoms with Gasteiger partial charge in [0.15, 0.2) is 0 Å².